The van der Waals surface area contributed by atoms with Crippen LogP contribution in [0.25, 0.3) is 0 Å². The lowest BCUT2D eigenvalue weighted by atomic mass is 10.1. The molecule has 0 aliphatic carbocycles. The first-order chi connectivity index (χ1) is 10.2. The molecule has 122 valence electrons. The Balaban J connectivity index is 2.56. The quantitative estimate of drug-likeness (QED) is 0.448. The van der Waals surface area contributed by atoms with Crippen LogP contribution in [0.2, 0.25) is 0 Å². The molecular weight excluding hydrogens is 299 g/mol. The number of hydrogen-bond acceptors (Lipinski definition) is 2. The molecule has 0 saturated heterocycles. The van der Waals surface area contributed by atoms with Gasteiger partial charge in [-0.25, -0.2) is 10.5 Å². The maximum absolute atomic E-state index is 12.5. The maximum Gasteiger partial charge on any atom is 0.416 e. The van der Waals surface area contributed by atoms with E-state index in [0.717, 1.165) is 12.1 Å². The average Bonchev–Trinajstić information content (AvgIpc) is 2.36. The Morgan fingerprint density at radius 2 is 2.00 bits per heavy atom. The van der Waals surface area contributed by atoms with Gasteiger partial charge in [0.25, 0.3) is 0 Å². The van der Waals surface area contributed by atoms with E-state index in [1.807, 2.05) is 13.8 Å². The van der Waals surface area contributed by atoms with Crippen LogP contribution in [0.3, 0.4) is 0 Å². The van der Waals surface area contributed by atoms with Gasteiger partial charge < -0.3 is 11.5 Å². The topological polar surface area (TPSA) is 98.0 Å². The molecule has 0 heterocycles. The first kappa shape index (κ1) is 17.8. The zero-order valence-corrected chi connectivity index (χ0v) is 12.2. The average molecular weight is 317 g/mol. The van der Waals surface area contributed by atoms with Gasteiger partial charge in [0.05, 0.1) is 12.2 Å². The van der Waals surface area contributed by atoms with E-state index < -0.39 is 11.7 Å². The molecular formula is C13H18F3N5O. The van der Waals surface area contributed by atoms with Crippen LogP contribution in [0.1, 0.15) is 25.0 Å². The SMILES string of the molecule is CC(C)N=C(N)N=C(N)NOCc1cccc(C(F)(F)F)c1. The normalized spacial score (nSPS) is 13.5. The number of nitrogens with one attached hydrogen (secondary N) is 1. The Labute approximate surface area is 126 Å². The molecule has 0 atom stereocenters. The summed E-state index contributed by atoms with van der Waals surface area (Å²) in [6.45, 7) is 3.51. The summed E-state index contributed by atoms with van der Waals surface area (Å²) in [4.78, 5) is 12.6. The van der Waals surface area contributed by atoms with Crippen LogP contribution >= 0.6 is 0 Å². The predicted molar refractivity (Wildman–Crippen MR) is 77.7 cm³/mol. The van der Waals surface area contributed by atoms with Crippen molar-refractivity contribution < 1.29 is 18.0 Å². The standard InChI is InChI=1S/C13H18F3N5O/c1-8(2)19-11(17)20-12(18)21-22-7-9-4-3-5-10(6-9)13(14,15)16/h3-6,8H,7H2,1-2H3,(H5,17,18,19,20,21). The van der Waals surface area contributed by atoms with Crippen LogP contribution in [0.15, 0.2) is 34.3 Å². The fourth-order valence-corrected chi connectivity index (χ4v) is 1.47. The van der Waals surface area contributed by atoms with Crippen LogP contribution in [0.5, 0.6) is 0 Å². The molecule has 5 N–H and O–H groups in total. The molecule has 0 saturated carbocycles. The van der Waals surface area contributed by atoms with E-state index >= 15 is 0 Å². The van der Waals surface area contributed by atoms with Gasteiger partial charge in [0.1, 0.15) is 0 Å². The Hall–Kier alpha value is -2.29. The number of aliphatic imine (C=N–C) groups is 2. The van der Waals surface area contributed by atoms with Crippen molar-refractivity contribution in [2.24, 2.45) is 21.5 Å². The molecule has 22 heavy (non-hydrogen) atoms. The number of guanidine groups is 2. The minimum absolute atomic E-state index is 0.0253. The highest BCUT2D eigenvalue weighted by Crippen LogP contribution is 2.29. The van der Waals surface area contributed by atoms with Gasteiger partial charge in [-0.15, -0.1) is 0 Å². The zero-order valence-electron chi connectivity index (χ0n) is 12.2. The summed E-state index contributed by atoms with van der Waals surface area (Å²) in [5.74, 6) is -0.170. The molecule has 0 bridgehead atoms. The van der Waals surface area contributed by atoms with Crippen molar-refractivity contribution in [3.8, 4) is 0 Å². The van der Waals surface area contributed by atoms with Crippen LogP contribution in [0, 0.1) is 0 Å². The van der Waals surface area contributed by atoms with Crippen molar-refractivity contribution in [1.82, 2.24) is 5.48 Å². The van der Waals surface area contributed by atoms with Crippen molar-refractivity contribution in [2.75, 3.05) is 0 Å². The Bertz CT molecular complexity index is 555. The lowest BCUT2D eigenvalue weighted by Crippen LogP contribution is -2.33. The second-order valence-corrected chi connectivity index (χ2v) is 4.67. The van der Waals surface area contributed by atoms with Crippen LogP contribution in [-0.2, 0) is 17.6 Å². The van der Waals surface area contributed by atoms with Gasteiger partial charge in [0.15, 0.2) is 0 Å². The molecule has 0 radical (unpaired) electrons. The molecule has 0 aliphatic heterocycles. The number of alkyl halides is 3. The van der Waals surface area contributed by atoms with E-state index in [0.29, 0.717) is 5.56 Å². The summed E-state index contributed by atoms with van der Waals surface area (Å²) in [6, 6.07) is 4.73. The van der Waals surface area contributed by atoms with E-state index in [1.54, 1.807) is 0 Å². The molecule has 6 nitrogen and oxygen atoms in total. The summed E-state index contributed by atoms with van der Waals surface area (Å²) >= 11 is 0. The van der Waals surface area contributed by atoms with Crippen molar-refractivity contribution in [3.05, 3.63) is 35.4 Å². The predicted octanol–water partition coefficient (Wildman–Crippen LogP) is 1.76. The van der Waals surface area contributed by atoms with E-state index in [4.69, 9.17) is 16.3 Å². The fourth-order valence-electron chi connectivity index (χ4n) is 1.47. The summed E-state index contributed by atoms with van der Waals surface area (Å²) in [6.07, 6.45) is -4.40. The first-order valence-electron chi connectivity index (χ1n) is 6.40. The first-order valence-corrected chi connectivity index (χ1v) is 6.40. The van der Waals surface area contributed by atoms with Gasteiger partial charge in [-0.05, 0) is 31.5 Å². The maximum atomic E-state index is 12.5. The molecule has 9 heteroatoms. The van der Waals surface area contributed by atoms with E-state index in [2.05, 4.69) is 15.5 Å². The number of hydroxylamine groups is 1. The second-order valence-electron chi connectivity index (χ2n) is 4.67. The third kappa shape index (κ3) is 6.44. The van der Waals surface area contributed by atoms with Gasteiger partial charge in [-0.2, -0.15) is 18.2 Å². The summed E-state index contributed by atoms with van der Waals surface area (Å²) < 4.78 is 37.6. The van der Waals surface area contributed by atoms with E-state index in [1.165, 1.54) is 12.1 Å². The molecule has 0 fully saturated rings. The number of rotatable bonds is 4. The highest BCUT2D eigenvalue weighted by molar-refractivity contribution is 5.92. The van der Waals surface area contributed by atoms with Gasteiger partial charge in [-0.1, -0.05) is 12.1 Å². The van der Waals surface area contributed by atoms with Gasteiger partial charge in [0.2, 0.25) is 11.9 Å². The number of nitrogens with zero attached hydrogens (tertiary/aromatic N) is 2. The molecule has 1 aromatic rings. The minimum atomic E-state index is -4.40. The monoisotopic (exact) mass is 317 g/mol. The fraction of sp³-hybridized carbons (Fsp3) is 0.385. The molecule has 1 aromatic carbocycles. The van der Waals surface area contributed by atoms with E-state index in [9.17, 15) is 13.2 Å². The summed E-state index contributed by atoms with van der Waals surface area (Å²) in [5, 5.41) is 0. The Morgan fingerprint density at radius 1 is 1.32 bits per heavy atom. The van der Waals surface area contributed by atoms with Gasteiger partial charge in [-0.3, -0.25) is 4.84 Å². The Kier molecular flexibility index (Phi) is 6.17. The Morgan fingerprint density at radius 3 is 2.59 bits per heavy atom. The largest absolute Gasteiger partial charge is 0.416 e. The number of halogens is 3. The molecule has 0 aromatic heterocycles. The molecule has 1 rings (SSSR count). The van der Waals surface area contributed by atoms with Crippen molar-refractivity contribution >= 4 is 11.9 Å². The van der Waals surface area contributed by atoms with Gasteiger partial charge in [0, 0.05) is 6.04 Å². The molecule has 0 spiro atoms. The number of hydrogen-bond donors (Lipinski definition) is 3. The highest BCUT2D eigenvalue weighted by atomic mass is 19.4. The molecule has 0 unspecified atom stereocenters. The highest BCUT2D eigenvalue weighted by Gasteiger charge is 2.30. The number of nitrogens with two attached hydrogens (primary N) is 2. The second kappa shape index (κ2) is 7.64. The van der Waals surface area contributed by atoms with E-state index in [-0.39, 0.29) is 24.6 Å². The van der Waals surface area contributed by atoms with Crippen LogP contribution in [-0.4, -0.2) is 18.0 Å². The minimum Gasteiger partial charge on any atom is -0.368 e. The third-order valence-electron chi connectivity index (χ3n) is 2.30. The summed E-state index contributed by atoms with van der Waals surface area (Å²) in [5.41, 5.74) is 12.8. The molecule has 0 amide bonds. The number of benzene rings is 1. The smallest absolute Gasteiger partial charge is 0.368 e. The third-order valence-corrected chi connectivity index (χ3v) is 2.30. The lowest BCUT2D eigenvalue weighted by molar-refractivity contribution is -0.137. The van der Waals surface area contributed by atoms with Crippen molar-refractivity contribution in [2.45, 2.75) is 32.7 Å². The van der Waals surface area contributed by atoms with Crippen LogP contribution < -0.4 is 16.9 Å². The van der Waals surface area contributed by atoms with Crippen LogP contribution in [0.4, 0.5) is 13.2 Å². The van der Waals surface area contributed by atoms with Crippen molar-refractivity contribution in [3.63, 3.8) is 0 Å². The zero-order chi connectivity index (χ0) is 16.8. The summed E-state index contributed by atoms with van der Waals surface area (Å²) in [7, 11) is 0. The lowest BCUT2D eigenvalue weighted by Gasteiger charge is -2.09. The van der Waals surface area contributed by atoms with Gasteiger partial charge >= 0.3 is 6.18 Å². The van der Waals surface area contributed by atoms with Crippen molar-refractivity contribution in [1.29, 1.82) is 0 Å². The molecule has 0 aliphatic rings.